The van der Waals surface area contributed by atoms with Crippen LogP contribution in [-0.4, -0.2) is 36.6 Å². The Balaban J connectivity index is 2.23. The summed E-state index contributed by atoms with van der Waals surface area (Å²) in [6, 6.07) is 9.98. The van der Waals surface area contributed by atoms with E-state index in [1.165, 1.54) is 11.1 Å². The van der Waals surface area contributed by atoms with Crippen LogP contribution in [0.15, 0.2) is 24.3 Å². The van der Waals surface area contributed by atoms with Gasteiger partial charge in [0, 0.05) is 17.6 Å². The molecule has 0 heterocycles. The van der Waals surface area contributed by atoms with Crippen LogP contribution >= 0.6 is 0 Å². The van der Waals surface area contributed by atoms with E-state index in [0.29, 0.717) is 12.1 Å². The molecule has 1 aromatic rings. The van der Waals surface area contributed by atoms with Gasteiger partial charge in [-0.05, 0) is 58.8 Å². The Hall–Kier alpha value is -0.860. The monoisotopic (exact) mass is 246 g/mol. The largest absolute Gasteiger partial charge is 0.307 e. The van der Waals surface area contributed by atoms with Gasteiger partial charge in [-0.3, -0.25) is 0 Å². The molecule has 0 radical (unpaired) electrons. The van der Waals surface area contributed by atoms with Gasteiger partial charge in [0.25, 0.3) is 0 Å². The van der Waals surface area contributed by atoms with Crippen LogP contribution in [0.4, 0.5) is 0 Å². The van der Waals surface area contributed by atoms with Crippen LogP contribution in [0.3, 0.4) is 0 Å². The van der Waals surface area contributed by atoms with Gasteiger partial charge >= 0.3 is 0 Å². The van der Waals surface area contributed by atoms with Crippen molar-refractivity contribution >= 4 is 0 Å². The molecule has 18 heavy (non-hydrogen) atoms. The Kier molecular flexibility index (Phi) is 3.79. The zero-order valence-electron chi connectivity index (χ0n) is 12.3. The van der Waals surface area contributed by atoms with E-state index in [4.69, 9.17) is 0 Å². The maximum Gasteiger partial charge on any atom is 0.0287 e. The molecule has 0 unspecified atom stereocenters. The second-order valence-corrected chi connectivity index (χ2v) is 6.71. The van der Waals surface area contributed by atoms with Crippen LogP contribution < -0.4 is 5.32 Å². The van der Waals surface area contributed by atoms with Crippen molar-refractivity contribution in [2.24, 2.45) is 0 Å². The summed E-state index contributed by atoms with van der Waals surface area (Å²) >= 11 is 0. The lowest BCUT2D eigenvalue weighted by Crippen LogP contribution is -2.57. The van der Waals surface area contributed by atoms with Crippen LogP contribution in [-0.2, 0) is 12.8 Å². The van der Waals surface area contributed by atoms with E-state index in [1.807, 2.05) is 0 Å². The SMILES string of the molecule is CN(C)[C@H]1Cc2ccccc2C[C@@H]1NC(C)(C)C. The van der Waals surface area contributed by atoms with Crippen molar-refractivity contribution in [2.45, 2.75) is 51.2 Å². The number of rotatable bonds is 2. The topological polar surface area (TPSA) is 15.3 Å². The van der Waals surface area contributed by atoms with Gasteiger partial charge in [0.1, 0.15) is 0 Å². The summed E-state index contributed by atoms with van der Waals surface area (Å²) in [6.45, 7) is 6.75. The Morgan fingerprint density at radius 2 is 1.61 bits per heavy atom. The fraction of sp³-hybridized carbons (Fsp3) is 0.625. The van der Waals surface area contributed by atoms with Gasteiger partial charge in [-0.15, -0.1) is 0 Å². The molecule has 0 saturated heterocycles. The number of hydrogen-bond acceptors (Lipinski definition) is 2. The first-order valence-corrected chi connectivity index (χ1v) is 6.88. The first-order valence-electron chi connectivity index (χ1n) is 6.88. The Labute approximate surface area is 111 Å². The molecular formula is C16H26N2. The smallest absolute Gasteiger partial charge is 0.0287 e. The Morgan fingerprint density at radius 3 is 2.11 bits per heavy atom. The molecule has 2 heteroatoms. The highest BCUT2D eigenvalue weighted by atomic mass is 15.2. The zero-order valence-corrected chi connectivity index (χ0v) is 12.3. The lowest BCUT2D eigenvalue weighted by atomic mass is 9.83. The van der Waals surface area contributed by atoms with E-state index in [9.17, 15) is 0 Å². The van der Waals surface area contributed by atoms with Crippen LogP contribution in [0.5, 0.6) is 0 Å². The van der Waals surface area contributed by atoms with Crippen LogP contribution in [0, 0.1) is 0 Å². The van der Waals surface area contributed by atoms with E-state index < -0.39 is 0 Å². The Morgan fingerprint density at radius 1 is 1.06 bits per heavy atom. The molecule has 0 aliphatic heterocycles. The minimum absolute atomic E-state index is 0.172. The van der Waals surface area contributed by atoms with Crippen molar-refractivity contribution in [3.05, 3.63) is 35.4 Å². The van der Waals surface area contributed by atoms with Gasteiger partial charge in [-0.25, -0.2) is 0 Å². The van der Waals surface area contributed by atoms with Crippen molar-refractivity contribution in [2.75, 3.05) is 14.1 Å². The summed E-state index contributed by atoms with van der Waals surface area (Å²) in [5, 5.41) is 3.79. The summed E-state index contributed by atoms with van der Waals surface area (Å²) in [5.74, 6) is 0. The number of nitrogens with one attached hydrogen (secondary N) is 1. The van der Waals surface area contributed by atoms with Gasteiger partial charge in [0.05, 0.1) is 0 Å². The third kappa shape index (κ3) is 3.12. The van der Waals surface area contributed by atoms with Crippen molar-refractivity contribution in [3.63, 3.8) is 0 Å². The van der Waals surface area contributed by atoms with Crippen molar-refractivity contribution in [1.82, 2.24) is 10.2 Å². The fourth-order valence-electron chi connectivity index (χ4n) is 2.94. The third-order valence-electron chi connectivity index (χ3n) is 3.73. The average Bonchev–Trinajstić information content (AvgIpc) is 2.25. The quantitative estimate of drug-likeness (QED) is 0.862. The number of fused-ring (bicyclic) bond motifs is 1. The van der Waals surface area contributed by atoms with Gasteiger partial charge in [0.15, 0.2) is 0 Å². The van der Waals surface area contributed by atoms with Gasteiger partial charge in [-0.2, -0.15) is 0 Å². The predicted molar refractivity (Wildman–Crippen MR) is 78.0 cm³/mol. The minimum atomic E-state index is 0.172. The van der Waals surface area contributed by atoms with Crippen molar-refractivity contribution in [1.29, 1.82) is 0 Å². The zero-order chi connectivity index (χ0) is 13.3. The predicted octanol–water partition coefficient (Wildman–Crippen LogP) is 2.47. The molecule has 0 spiro atoms. The van der Waals surface area contributed by atoms with E-state index in [2.05, 4.69) is 69.3 Å². The van der Waals surface area contributed by atoms with Crippen LogP contribution in [0.2, 0.25) is 0 Å². The molecule has 0 aromatic heterocycles. The van der Waals surface area contributed by atoms with E-state index in [0.717, 1.165) is 12.8 Å². The lowest BCUT2D eigenvalue weighted by Gasteiger charge is -2.41. The van der Waals surface area contributed by atoms with E-state index in [1.54, 1.807) is 0 Å². The molecule has 1 aliphatic rings. The highest BCUT2D eigenvalue weighted by molar-refractivity contribution is 5.32. The van der Waals surface area contributed by atoms with Gasteiger partial charge in [0.2, 0.25) is 0 Å². The number of nitrogens with zero attached hydrogens (tertiary/aromatic N) is 1. The number of benzene rings is 1. The molecule has 0 fully saturated rings. The third-order valence-corrected chi connectivity index (χ3v) is 3.73. The molecular weight excluding hydrogens is 220 g/mol. The normalized spacial score (nSPS) is 24.1. The number of hydrogen-bond donors (Lipinski definition) is 1. The first kappa shape index (κ1) is 13.6. The lowest BCUT2D eigenvalue weighted by molar-refractivity contribution is 0.189. The molecule has 2 nitrogen and oxygen atoms in total. The molecule has 1 aliphatic carbocycles. The van der Waals surface area contributed by atoms with E-state index >= 15 is 0 Å². The highest BCUT2D eigenvalue weighted by Gasteiger charge is 2.31. The fourth-order valence-corrected chi connectivity index (χ4v) is 2.94. The average molecular weight is 246 g/mol. The second-order valence-electron chi connectivity index (χ2n) is 6.71. The molecule has 0 saturated carbocycles. The van der Waals surface area contributed by atoms with Gasteiger partial charge in [-0.1, -0.05) is 24.3 Å². The molecule has 0 amide bonds. The van der Waals surface area contributed by atoms with Crippen LogP contribution in [0.25, 0.3) is 0 Å². The number of likely N-dealkylation sites (N-methyl/N-ethyl adjacent to an activating group) is 1. The first-order chi connectivity index (χ1) is 8.37. The molecule has 1 aromatic carbocycles. The highest BCUT2D eigenvalue weighted by Crippen LogP contribution is 2.25. The van der Waals surface area contributed by atoms with Gasteiger partial charge < -0.3 is 10.2 Å². The summed E-state index contributed by atoms with van der Waals surface area (Å²) in [7, 11) is 4.38. The summed E-state index contributed by atoms with van der Waals surface area (Å²) < 4.78 is 0. The standard InChI is InChI=1S/C16H26N2/c1-16(2,3)17-14-10-12-8-6-7-9-13(12)11-15(14)18(4)5/h6-9,14-15,17H,10-11H2,1-5H3/t14-,15-/m0/s1. The van der Waals surface area contributed by atoms with Crippen LogP contribution in [0.1, 0.15) is 31.9 Å². The summed E-state index contributed by atoms with van der Waals surface area (Å²) in [5.41, 5.74) is 3.20. The Bertz CT molecular complexity index is 404. The molecule has 100 valence electrons. The van der Waals surface area contributed by atoms with E-state index in [-0.39, 0.29) is 5.54 Å². The summed E-state index contributed by atoms with van der Waals surface area (Å²) in [6.07, 6.45) is 2.28. The molecule has 1 N–H and O–H groups in total. The summed E-state index contributed by atoms with van der Waals surface area (Å²) in [4.78, 5) is 2.36. The maximum atomic E-state index is 3.79. The van der Waals surface area contributed by atoms with Crippen molar-refractivity contribution in [3.8, 4) is 0 Å². The molecule has 2 atom stereocenters. The molecule has 2 rings (SSSR count). The second kappa shape index (κ2) is 5.02. The maximum absolute atomic E-state index is 3.79. The van der Waals surface area contributed by atoms with Crippen molar-refractivity contribution < 1.29 is 0 Å². The minimum Gasteiger partial charge on any atom is -0.307 e. The molecule has 0 bridgehead atoms.